The van der Waals surface area contributed by atoms with Gasteiger partial charge in [-0.05, 0) is 84.1 Å². The number of carbonyl (C=O) groups excluding carboxylic acids is 1. The first-order chi connectivity index (χ1) is 18.5. The first-order valence-corrected chi connectivity index (χ1v) is 14.5. The van der Waals surface area contributed by atoms with Gasteiger partial charge in [-0.1, -0.05) is 72.1 Å². The molecule has 5 nitrogen and oxygen atoms in total. The third-order valence-corrected chi connectivity index (χ3v) is 8.52. The van der Waals surface area contributed by atoms with Crippen molar-refractivity contribution >= 4 is 50.5 Å². The average molecular weight is 592 g/mol. The maximum atomic E-state index is 13.8. The molecule has 2 atom stereocenters. The highest BCUT2D eigenvalue weighted by Crippen LogP contribution is 2.40. The van der Waals surface area contributed by atoms with Crippen LogP contribution in [0.1, 0.15) is 43.7 Å². The van der Waals surface area contributed by atoms with Crippen molar-refractivity contribution in [1.82, 2.24) is 4.90 Å². The van der Waals surface area contributed by atoms with Crippen molar-refractivity contribution in [1.29, 1.82) is 0 Å². The van der Waals surface area contributed by atoms with Crippen LogP contribution in [0.3, 0.4) is 0 Å². The van der Waals surface area contributed by atoms with E-state index in [1.807, 2.05) is 83.8 Å². The summed E-state index contributed by atoms with van der Waals surface area (Å²) in [6.45, 7) is 2.69. The van der Waals surface area contributed by atoms with Gasteiger partial charge in [0.25, 0.3) is 5.91 Å². The van der Waals surface area contributed by atoms with Gasteiger partial charge in [-0.25, -0.2) is 4.99 Å². The van der Waals surface area contributed by atoms with E-state index in [-0.39, 0.29) is 11.9 Å². The molecule has 0 radical (unpaired) electrons. The largest absolute Gasteiger partial charge is 0.493 e. The number of para-hydroxylation sites is 1. The molecule has 0 N–H and O–H groups in total. The Balaban J connectivity index is 1.40. The minimum absolute atomic E-state index is 0.0259. The van der Waals surface area contributed by atoms with E-state index in [4.69, 9.17) is 14.5 Å². The van der Waals surface area contributed by atoms with E-state index < -0.39 is 0 Å². The van der Waals surface area contributed by atoms with E-state index in [2.05, 4.69) is 22.9 Å². The molecule has 1 saturated heterocycles. The van der Waals surface area contributed by atoms with Gasteiger partial charge in [0.15, 0.2) is 16.7 Å². The average Bonchev–Trinajstić information content (AvgIpc) is 3.23. The molecule has 3 aromatic carbocycles. The van der Waals surface area contributed by atoms with Gasteiger partial charge in [0.2, 0.25) is 0 Å². The molecule has 3 aromatic rings. The van der Waals surface area contributed by atoms with Crippen molar-refractivity contribution in [3.8, 4) is 11.5 Å². The van der Waals surface area contributed by atoms with Gasteiger partial charge in [-0.15, -0.1) is 0 Å². The summed E-state index contributed by atoms with van der Waals surface area (Å²) < 4.78 is 12.7. The van der Waals surface area contributed by atoms with E-state index >= 15 is 0 Å². The molecule has 1 heterocycles. The van der Waals surface area contributed by atoms with Gasteiger partial charge >= 0.3 is 0 Å². The van der Waals surface area contributed by atoms with E-state index in [0.717, 1.165) is 45.7 Å². The molecule has 5 rings (SSSR count). The van der Waals surface area contributed by atoms with Crippen LogP contribution in [0.25, 0.3) is 6.08 Å². The predicted octanol–water partition coefficient (Wildman–Crippen LogP) is 8.22. The van der Waals surface area contributed by atoms with Crippen molar-refractivity contribution in [2.75, 3.05) is 7.11 Å². The topological polar surface area (TPSA) is 51.1 Å². The van der Waals surface area contributed by atoms with Crippen molar-refractivity contribution in [3.05, 3.63) is 93.3 Å². The summed E-state index contributed by atoms with van der Waals surface area (Å²) in [5.41, 5.74) is 2.80. The van der Waals surface area contributed by atoms with Crippen molar-refractivity contribution in [2.45, 2.75) is 45.3 Å². The molecule has 1 saturated carbocycles. The molecular weight excluding hydrogens is 560 g/mol. The molecule has 1 amide bonds. The number of nitrogens with zero attached hydrogens (tertiary/aromatic N) is 2. The SMILES string of the molecule is COc1cc(/C=C2\SC(=Nc3ccccc3)N([C@H]3CCCC[C@@H]3C)C2=O)ccc1OCc1ccc(Br)cc1. The smallest absolute Gasteiger partial charge is 0.267 e. The number of aliphatic imine (C=N–C) groups is 1. The minimum atomic E-state index is 0.0259. The fraction of sp³-hybridized carbons (Fsp3) is 0.290. The van der Waals surface area contributed by atoms with E-state index in [1.54, 1.807) is 7.11 Å². The monoisotopic (exact) mass is 590 g/mol. The fourth-order valence-corrected chi connectivity index (χ4v) is 6.25. The molecule has 196 valence electrons. The van der Waals surface area contributed by atoms with E-state index in [1.165, 1.54) is 18.2 Å². The van der Waals surface area contributed by atoms with Gasteiger partial charge in [0.05, 0.1) is 17.7 Å². The van der Waals surface area contributed by atoms with Crippen LogP contribution < -0.4 is 9.47 Å². The Bertz CT molecular complexity index is 1340. The zero-order valence-electron chi connectivity index (χ0n) is 21.6. The lowest BCUT2D eigenvalue weighted by Gasteiger charge is -2.35. The molecule has 2 fully saturated rings. The number of ether oxygens (including phenoxy) is 2. The van der Waals surface area contributed by atoms with E-state index in [0.29, 0.717) is 28.9 Å². The van der Waals surface area contributed by atoms with Crippen molar-refractivity contribution < 1.29 is 14.3 Å². The maximum absolute atomic E-state index is 13.8. The summed E-state index contributed by atoms with van der Waals surface area (Å²) >= 11 is 4.91. The van der Waals surface area contributed by atoms with Crippen molar-refractivity contribution in [3.63, 3.8) is 0 Å². The normalized spacial score (nSPS) is 21.8. The Morgan fingerprint density at radius 3 is 2.53 bits per heavy atom. The number of thioether (sulfide) groups is 1. The molecule has 0 unspecified atom stereocenters. The lowest BCUT2D eigenvalue weighted by atomic mass is 9.85. The Kier molecular flexibility index (Phi) is 8.55. The number of hydrogen-bond donors (Lipinski definition) is 0. The third-order valence-electron chi connectivity index (χ3n) is 7.01. The van der Waals surface area contributed by atoms with Crippen LogP contribution in [0.2, 0.25) is 0 Å². The molecule has 0 bridgehead atoms. The van der Waals surface area contributed by atoms with Crippen LogP contribution in [-0.4, -0.2) is 29.1 Å². The number of amidine groups is 1. The van der Waals surface area contributed by atoms with Gasteiger partial charge in [0.1, 0.15) is 6.61 Å². The molecule has 0 spiro atoms. The Labute approximate surface area is 237 Å². The minimum Gasteiger partial charge on any atom is -0.493 e. The first kappa shape index (κ1) is 26.6. The number of hydrogen-bond acceptors (Lipinski definition) is 5. The summed E-state index contributed by atoms with van der Waals surface area (Å²) in [4.78, 5) is 21.3. The molecule has 2 aliphatic rings. The summed E-state index contributed by atoms with van der Waals surface area (Å²) in [7, 11) is 1.63. The van der Waals surface area contributed by atoms with Gasteiger partial charge in [-0.2, -0.15) is 0 Å². The maximum Gasteiger partial charge on any atom is 0.267 e. The molecule has 7 heteroatoms. The molecule has 38 heavy (non-hydrogen) atoms. The molecule has 0 aromatic heterocycles. The Morgan fingerprint density at radius 1 is 1.03 bits per heavy atom. The summed E-state index contributed by atoms with van der Waals surface area (Å²) in [6, 6.07) is 23.8. The van der Waals surface area contributed by atoms with E-state index in [9.17, 15) is 4.79 Å². The number of benzene rings is 3. The number of amides is 1. The van der Waals surface area contributed by atoms with Gasteiger partial charge in [-0.3, -0.25) is 9.69 Å². The molecular formula is C31H31BrN2O3S. The summed E-state index contributed by atoms with van der Waals surface area (Å²) in [6.07, 6.45) is 6.43. The first-order valence-electron chi connectivity index (χ1n) is 12.9. The van der Waals surface area contributed by atoms with Crippen LogP contribution >= 0.6 is 27.7 Å². The lowest BCUT2D eigenvalue weighted by molar-refractivity contribution is -0.124. The lowest BCUT2D eigenvalue weighted by Crippen LogP contribution is -2.44. The fourth-order valence-electron chi connectivity index (χ4n) is 4.94. The second-order valence-corrected chi connectivity index (χ2v) is 11.6. The third kappa shape index (κ3) is 6.16. The number of methoxy groups -OCH3 is 1. The summed E-state index contributed by atoms with van der Waals surface area (Å²) in [5, 5.41) is 0.757. The van der Waals surface area contributed by atoms with Crippen molar-refractivity contribution in [2.24, 2.45) is 10.9 Å². The molecule has 1 aliphatic carbocycles. The number of carbonyl (C=O) groups is 1. The number of rotatable bonds is 7. The predicted molar refractivity (Wildman–Crippen MR) is 159 cm³/mol. The van der Waals surface area contributed by atoms with Crippen LogP contribution in [0.5, 0.6) is 11.5 Å². The highest BCUT2D eigenvalue weighted by Gasteiger charge is 2.41. The molecule has 1 aliphatic heterocycles. The van der Waals surface area contributed by atoms with Crippen LogP contribution in [0, 0.1) is 5.92 Å². The summed E-state index contributed by atoms with van der Waals surface area (Å²) in [5.74, 6) is 1.75. The van der Waals surface area contributed by atoms with Gasteiger partial charge in [0, 0.05) is 10.5 Å². The van der Waals surface area contributed by atoms with Crippen LogP contribution in [0.15, 0.2) is 87.2 Å². The Hall–Kier alpha value is -3.03. The second-order valence-electron chi connectivity index (χ2n) is 9.67. The van der Waals surface area contributed by atoms with Crippen LogP contribution in [-0.2, 0) is 11.4 Å². The number of halogens is 1. The second kappa shape index (κ2) is 12.2. The quantitative estimate of drug-likeness (QED) is 0.260. The highest BCUT2D eigenvalue weighted by atomic mass is 79.9. The zero-order valence-corrected chi connectivity index (χ0v) is 24.0. The van der Waals surface area contributed by atoms with Gasteiger partial charge < -0.3 is 9.47 Å². The zero-order chi connectivity index (χ0) is 26.5. The van der Waals surface area contributed by atoms with Crippen LogP contribution in [0.4, 0.5) is 5.69 Å². The standard InChI is InChI=1S/C31H31BrN2O3S/c1-21-8-6-7-11-26(21)34-30(35)29(38-31(34)33-25-9-4-3-5-10-25)19-23-14-17-27(28(18-23)36-2)37-20-22-12-15-24(32)16-13-22/h3-5,9-10,12-19,21,26H,6-8,11,20H2,1-2H3/b29-19-,33-31?/t21-,26-/m0/s1. The highest BCUT2D eigenvalue weighted by molar-refractivity contribution is 9.10. The Morgan fingerprint density at radius 2 is 1.79 bits per heavy atom.